The standard InChI is InChI=1S/C58H43NO/c1-57(2)51-23-10-6-17-45(51)48-36-35-43(37-54(48)57)59(41-31-27-38(28-32-41)44-21-14-22-50-49-20-9-13-26-55(49)60-56(44)50)42-33-29-40(30-34-42)58(39-15-4-3-5-16-39)52-24-11-7-18-46(52)47-19-8-12-25-53(47)58/h3-37,45,51H,1-2H3. The first-order valence-electron chi connectivity index (χ1n) is 21.2. The first-order valence-corrected chi connectivity index (χ1v) is 21.2. The lowest BCUT2D eigenvalue weighted by molar-refractivity contribution is 0.394. The van der Waals surface area contributed by atoms with Gasteiger partial charge >= 0.3 is 0 Å². The van der Waals surface area contributed by atoms with Gasteiger partial charge < -0.3 is 9.32 Å². The van der Waals surface area contributed by atoms with Crippen LogP contribution in [0.25, 0.3) is 44.2 Å². The number of benzene rings is 8. The quantitative estimate of drug-likeness (QED) is 0.167. The number of rotatable bonds is 6. The van der Waals surface area contributed by atoms with Crippen LogP contribution in [-0.4, -0.2) is 0 Å². The van der Waals surface area contributed by atoms with Crippen LogP contribution in [0.5, 0.6) is 0 Å². The van der Waals surface area contributed by atoms with Crippen molar-refractivity contribution in [2.75, 3.05) is 4.90 Å². The molecule has 2 heteroatoms. The minimum atomic E-state index is -0.452. The Morgan fingerprint density at radius 2 is 1.05 bits per heavy atom. The topological polar surface area (TPSA) is 16.4 Å². The molecule has 12 rings (SSSR count). The van der Waals surface area contributed by atoms with Crippen LogP contribution >= 0.6 is 0 Å². The molecule has 8 aromatic carbocycles. The molecule has 2 unspecified atom stereocenters. The molecule has 2 atom stereocenters. The van der Waals surface area contributed by atoms with Crippen LogP contribution in [-0.2, 0) is 10.8 Å². The predicted octanol–water partition coefficient (Wildman–Crippen LogP) is 15.2. The zero-order chi connectivity index (χ0) is 40.0. The Kier molecular flexibility index (Phi) is 7.65. The van der Waals surface area contributed by atoms with Gasteiger partial charge in [-0.15, -0.1) is 0 Å². The third-order valence-electron chi connectivity index (χ3n) is 13.9. The van der Waals surface area contributed by atoms with E-state index in [1.807, 2.05) is 6.07 Å². The summed E-state index contributed by atoms with van der Waals surface area (Å²) in [6.07, 6.45) is 9.23. The van der Waals surface area contributed by atoms with Crippen LogP contribution in [0.1, 0.15) is 53.1 Å². The number of nitrogens with zero attached hydrogens (tertiary/aromatic N) is 1. The highest BCUT2D eigenvalue weighted by Crippen LogP contribution is 2.57. The van der Waals surface area contributed by atoms with Gasteiger partial charge in [-0.05, 0) is 104 Å². The van der Waals surface area contributed by atoms with Gasteiger partial charge in [-0.3, -0.25) is 0 Å². The minimum absolute atomic E-state index is 0.00671. The van der Waals surface area contributed by atoms with Crippen molar-refractivity contribution in [1.29, 1.82) is 0 Å². The maximum atomic E-state index is 6.47. The Morgan fingerprint density at radius 1 is 0.467 bits per heavy atom. The Balaban J connectivity index is 1.02. The maximum Gasteiger partial charge on any atom is 0.143 e. The number of anilines is 3. The van der Waals surface area contributed by atoms with E-state index in [1.54, 1.807) is 0 Å². The van der Waals surface area contributed by atoms with Crippen molar-refractivity contribution in [3.63, 3.8) is 0 Å². The molecule has 286 valence electrons. The summed E-state index contributed by atoms with van der Waals surface area (Å²) in [5.41, 5.74) is 17.6. The fourth-order valence-electron chi connectivity index (χ4n) is 11.1. The lowest BCUT2D eigenvalue weighted by atomic mass is 9.68. The van der Waals surface area contributed by atoms with E-state index in [4.69, 9.17) is 4.42 Å². The second-order valence-electron chi connectivity index (χ2n) is 17.2. The third kappa shape index (κ3) is 4.94. The van der Waals surface area contributed by atoms with Crippen molar-refractivity contribution in [1.82, 2.24) is 0 Å². The van der Waals surface area contributed by atoms with Crippen LogP contribution < -0.4 is 4.90 Å². The van der Waals surface area contributed by atoms with Gasteiger partial charge in [0.1, 0.15) is 11.2 Å². The highest BCUT2D eigenvalue weighted by molar-refractivity contribution is 6.09. The molecule has 0 fully saturated rings. The van der Waals surface area contributed by atoms with E-state index in [0.717, 1.165) is 50.1 Å². The molecule has 0 saturated carbocycles. The normalized spacial score (nSPS) is 17.6. The molecule has 3 aliphatic rings. The average Bonchev–Trinajstić information content (AvgIpc) is 3.91. The predicted molar refractivity (Wildman–Crippen MR) is 249 cm³/mol. The molecular weight excluding hydrogens is 727 g/mol. The molecular formula is C58H43NO. The molecule has 0 radical (unpaired) electrons. The first kappa shape index (κ1) is 34.8. The SMILES string of the molecule is CC1(C)c2cc(N(c3ccc(-c4cccc5c4oc4ccccc45)cc3)c3ccc(C4(c5ccccc5)c5ccccc5-c5ccccc54)cc3)ccc2C2C=CC=CC21. The molecule has 0 N–H and O–H groups in total. The molecule has 0 aliphatic heterocycles. The number of furan rings is 1. The summed E-state index contributed by atoms with van der Waals surface area (Å²) < 4.78 is 6.47. The van der Waals surface area contributed by atoms with Crippen molar-refractivity contribution >= 4 is 39.0 Å². The molecule has 3 aliphatic carbocycles. The van der Waals surface area contributed by atoms with Gasteiger partial charge in [-0.1, -0.05) is 184 Å². The van der Waals surface area contributed by atoms with Gasteiger partial charge in [0, 0.05) is 39.3 Å². The smallest absolute Gasteiger partial charge is 0.143 e. The zero-order valence-electron chi connectivity index (χ0n) is 33.7. The highest BCUT2D eigenvalue weighted by atomic mass is 16.3. The summed E-state index contributed by atoms with van der Waals surface area (Å²) in [5.74, 6) is 0.834. The second kappa shape index (κ2) is 13.2. The van der Waals surface area contributed by atoms with Crippen molar-refractivity contribution in [2.45, 2.75) is 30.6 Å². The van der Waals surface area contributed by atoms with Crippen LogP contribution in [0.15, 0.2) is 217 Å². The third-order valence-corrected chi connectivity index (χ3v) is 13.9. The summed E-state index contributed by atoms with van der Waals surface area (Å²) in [6.45, 7) is 4.83. The van der Waals surface area contributed by atoms with Crippen LogP contribution in [0, 0.1) is 5.92 Å². The van der Waals surface area contributed by atoms with E-state index in [1.165, 1.54) is 44.5 Å². The minimum Gasteiger partial charge on any atom is -0.455 e. The zero-order valence-corrected chi connectivity index (χ0v) is 33.7. The lowest BCUT2D eigenvalue weighted by Crippen LogP contribution is -2.28. The maximum absolute atomic E-state index is 6.47. The number of hydrogen-bond acceptors (Lipinski definition) is 2. The molecule has 0 saturated heterocycles. The second-order valence-corrected chi connectivity index (χ2v) is 17.2. The Bertz CT molecular complexity index is 3140. The van der Waals surface area contributed by atoms with Gasteiger partial charge in [0.2, 0.25) is 0 Å². The molecule has 0 bridgehead atoms. The summed E-state index contributed by atoms with van der Waals surface area (Å²) in [4.78, 5) is 2.44. The number of allylic oxidation sites excluding steroid dienone is 4. The summed E-state index contributed by atoms with van der Waals surface area (Å²) in [6, 6.07) is 69.3. The lowest BCUT2D eigenvalue weighted by Gasteiger charge is -2.34. The van der Waals surface area contributed by atoms with Crippen molar-refractivity contribution in [3.05, 3.63) is 246 Å². The number of para-hydroxylation sites is 2. The average molecular weight is 770 g/mol. The van der Waals surface area contributed by atoms with E-state index in [2.05, 4.69) is 225 Å². The molecule has 9 aromatic rings. The van der Waals surface area contributed by atoms with Gasteiger partial charge in [0.25, 0.3) is 0 Å². The van der Waals surface area contributed by atoms with Crippen molar-refractivity contribution in [3.8, 4) is 22.3 Å². The van der Waals surface area contributed by atoms with Crippen LogP contribution in [0.2, 0.25) is 0 Å². The fourth-order valence-corrected chi connectivity index (χ4v) is 11.1. The van der Waals surface area contributed by atoms with Gasteiger partial charge in [-0.2, -0.15) is 0 Å². The Labute approximate surface area is 351 Å². The van der Waals surface area contributed by atoms with E-state index in [0.29, 0.717) is 11.8 Å². The van der Waals surface area contributed by atoms with Crippen LogP contribution in [0.4, 0.5) is 17.1 Å². The summed E-state index contributed by atoms with van der Waals surface area (Å²) in [5, 5.41) is 2.28. The Hall–Kier alpha value is -7.16. The van der Waals surface area contributed by atoms with E-state index >= 15 is 0 Å². The van der Waals surface area contributed by atoms with E-state index < -0.39 is 5.41 Å². The van der Waals surface area contributed by atoms with Gasteiger partial charge in [0.15, 0.2) is 0 Å². The Morgan fingerprint density at radius 3 is 1.80 bits per heavy atom. The van der Waals surface area contributed by atoms with E-state index in [9.17, 15) is 0 Å². The van der Waals surface area contributed by atoms with Crippen molar-refractivity contribution < 1.29 is 4.42 Å². The largest absolute Gasteiger partial charge is 0.455 e. The summed E-state index contributed by atoms with van der Waals surface area (Å²) >= 11 is 0. The molecule has 1 heterocycles. The van der Waals surface area contributed by atoms with Crippen LogP contribution in [0.3, 0.4) is 0 Å². The fraction of sp³-hybridized carbons (Fsp3) is 0.103. The molecule has 2 nitrogen and oxygen atoms in total. The first-order chi connectivity index (χ1) is 29.5. The molecule has 0 spiro atoms. The molecule has 1 aromatic heterocycles. The van der Waals surface area contributed by atoms with Gasteiger partial charge in [0.05, 0.1) is 5.41 Å². The number of fused-ring (bicyclic) bond motifs is 9. The molecule has 0 amide bonds. The highest BCUT2D eigenvalue weighted by Gasteiger charge is 2.46. The van der Waals surface area contributed by atoms with Crippen molar-refractivity contribution in [2.24, 2.45) is 5.92 Å². The molecule has 60 heavy (non-hydrogen) atoms. The van der Waals surface area contributed by atoms with E-state index in [-0.39, 0.29) is 5.41 Å². The summed E-state index contributed by atoms with van der Waals surface area (Å²) in [7, 11) is 0. The number of hydrogen-bond donors (Lipinski definition) is 0. The monoisotopic (exact) mass is 769 g/mol. The van der Waals surface area contributed by atoms with Gasteiger partial charge in [-0.25, -0.2) is 0 Å².